The molecule has 90 valence electrons. The molecule has 1 atom stereocenters. The Morgan fingerprint density at radius 1 is 1.40 bits per heavy atom. The lowest BCUT2D eigenvalue weighted by Gasteiger charge is -2.30. The van der Waals surface area contributed by atoms with Gasteiger partial charge in [-0.3, -0.25) is 4.90 Å². The van der Waals surface area contributed by atoms with Crippen molar-refractivity contribution in [2.24, 2.45) is 5.92 Å². The lowest BCUT2D eigenvalue weighted by Crippen LogP contribution is -2.41. The molecule has 0 radical (unpaired) electrons. The Morgan fingerprint density at radius 3 is 2.87 bits per heavy atom. The van der Waals surface area contributed by atoms with Crippen LogP contribution in [0.1, 0.15) is 46.5 Å². The average molecular weight is 212 g/mol. The summed E-state index contributed by atoms with van der Waals surface area (Å²) in [6, 6.07) is 0.777. The Kier molecular flexibility index (Phi) is 6.26. The molecule has 15 heavy (non-hydrogen) atoms. The highest BCUT2D eigenvalue weighted by molar-refractivity contribution is 4.78. The van der Waals surface area contributed by atoms with Crippen LogP contribution in [0.4, 0.5) is 0 Å². The predicted octanol–water partition coefficient (Wildman–Crippen LogP) is 2.50. The first-order chi connectivity index (χ1) is 7.24. The van der Waals surface area contributed by atoms with E-state index in [4.69, 9.17) is 0 Å². The van der Waals surface area contributed by atoms with Gasteiger partial charge in [-0.05, 0) is 44.8 Å². The SMILES string of the molecule is CCCCN1CCCNCC1CC(C)C. The number of hydrogen-bond donors (Lipinski definition) is 1. The van der Waals surface area contributed by atoms with E-state index in [1.807, 2.05) is 0 Å². The van der Waals surface area contributed by atoms with Crippen molar-refractivity contribution in [2.75, 3.05) is 26.2 Å². The maximum Gasteiger partial charge on any atom is 0.0223 e. The summed E-state index contributed by atoms with van der Waals surface area (Å²) in [5.41, 5.74) is 0. The number of unbranched alkanes of at least 4 members (excludes halogenated alkanes) is 1. The highest BCUT2D eigenvalue weighted by Crippen LogP contribution is 2.14. The van der Waals surface area contributed by atoms with Gasteiger partial charge in [0.15, 0.2) is 0 Å². The third-order valence-corrected chi connectivity index (χ3v) is 3.24. The Hall–Kier alpha value is -0.0800. The molecule has 0 amide bonds. The van der Waals surface area contributed by atoms with E-state index >= 15 is 0 Å². The zero-order chi connectivity index (χ0) is 11.1. The lowest BCUT2D eigenvalue weighted by atomic mass is 10.0. The van der Waals surface area contributed by atoms with E-state index in [1.54, 1.807) is 0 Å². The fraction of sp³-hybridized carbons (Fsp3) is 1.00. The third kappa shape index (κ3) is 4.98. The minimum Gasteiger partial charge on any atom is -0.315 e. The molecule has 1 N–H and O–H groups in total. The fourth-order valence-corrected chi connectivity index (χ4v) is 2.42. The molecule has 0 aromatic carbocycles. The smallest absolute Gasteiger partial charge is 0.0223 e. The molecule has 0 aromatic rings. The second-order valence-electron chi connectivity index (χ2n) is 5.23. The predicted molar refractivity (Wildman–Crippen MR) is 67.2 cm³/mol. The van der Waals surface area contributed by atoms with Crippen LogP contribution in [-0.2, 0) is 0 Å². The molecular formula is C13H28N2. The summed E-state index contributed by atoms with van der Waals surface area (Å²) in [4.78, 5) is 2.71. The number of hydrogen-bond acceptors (Lipinski definition) is 2. The molecule has 2 heteroatoms. The first-order valence-corrected chi connectivity index (χ1v) is 6.68. The topological polar surface area (TPSA) is 15.3 Å². The molecule has 1 heterocycles. The van der Waals surface area contributed by atoms with Crippen LogP contribution in [0.25, 0.3) is 0 Å². The molecule has 1 rings (SSSR count). The number of rotatable bonds is 5. The second kappa shape index (κ2) is 7.24. The van der Waals surface area contributed by atoms with Crippen LogP contribution >= 0.6 is 0 Å². The molecule has 1 aliphatic rings. The number of nitrogens with one attached hydrogen (secondary N) is 1. The molecule has 2 nitrogen and oxygen atoms in total. The van der Waals surface area contributed by atoms with Crippen molar-refractivity contribution in [3.8, 4) is 0 Å². The summed E-state index contributed by atoms with van der Waals surface area (Å²) in [6.45, 7) is 12.0. The molecule has 0 spiro atoms. The van der Waals surface area contributed by atoms with Crippen LogP contribution in [0, 0.1) is 5.92 Å². The van der Waals surface area contributed by atoms with Gasteiger partial charge in [0.2, 0.25) is 0 Å². The second-order valence-corrected chi connectivity index (χ2v) is 5.23. The largest absolute Gasteiger partial charge is 0.315 e. The highest BCUT2D eigenvalue weighted by Gasteiger charge is 2.20. The van der Waals surface area contributed by atoms with E-state index in [0.717, 1.165) is 12.0 Å². The summed E-state index contributed by atoms with van der Waals surface area (Å²) < 4.78 is 0. The van der Waals surface area contributed by atoms with Crippen molar-refractivity contribution in [3.63, 3.8) is 0 Å². The zero-order valence-electron chi connectivity index (χ0n) is 10.8. The molecule has 0 saturated carbocycles. The molecule has 1 fully saturated rings. The van der Waals surface area contributed by atoms with Gasteiger partial charge in [-0.2, -0.15) is 0 Å². The van der Waals surface area contributed by atoms with E-state index < -0.39 is 0 Å². The van der Waals surface area contributed by atoms with Gasteiger partial charge < -0.3 is 5.32 Å². The minimum absolute atomic E-state index is 0.777. The average Bonchev–Trinajstić information content (AvgIpc) is 2.40. The van der Waals surface area contributed by atoms with E-state index in [1.165, 1.54) is 51.9 Å². The van der Waals surface area contributed by atoms with Crippen LogP contribution in [-0.4, -0.2) is 37.1 Å². The number of nitrogens with zero attached hydrogens (tertiary/aromatic N) is 1. The van der Waals surface area contributed by atoms with Crippen LogP contribution < -0.4 is 5.32 Å². The van der Waals surface area contributed by atoms with E-state index in [2.05, 4.69) is 31.0 Å². The van der Waals surface area contributed by atoms with Crippen LogP contribution in [0.5, 0.6) is 0 Å². The summed E-state index contributed by atoms with van der Waals surface area (Å²) in [7, 11) is 0. The van der Waals surface area contributed by atoms with Crippen molar-refractivity contribution in [1.29, 1.82) is 0 Å². The molecular weight excluding hydrogens is 184 g/mol. The maximum atomic E-state index is 3.57. The van der Waals surface area contributed by atoms with Gasteiger partial charge in [0.25, 0.3) is 0 Å². The van der Waals surface area contributed by atoms with E-state index in [9.17, 15) is 0 Å². The quantitative estimate of drug-likeness (QED) is 0.753. The van der Waals surface area contributed by atoms with Gasteiger partial charge >= 0.3 is 0 Å². The van der Waals surface area contributed by atoms with Crippen LogP contribution in [0.2, 0.25) is 0 Å². The Bertz CT molecular complexity index is 157. The molecule has 0 aromatic heterocycles. The van der Waals surface area contributed by atoms with Gasteiger partial charge in [0, 0.05) is 12.6 Å². The normalized spacial score (nSPS) is 24.4. The summed E-state index contributed by atoms with van der Waals surface area (Å²) in [5.74, 6) is 0.819. The highest BCUT2D eigenvalue weighted by atomic mass is 15.2. The van der Waals surface area contributed by atoms with Crippen LogP contribution in [0.15, 0.2) is 0 Å². The third-order valence-electron chi connectivity index (χ3n) is 3.24. The van der Waals surface area contributed by atoms with Gasteiger partial charge in [0.1, 0.15) is 0 Å². The summed E-state index contributed by atoms with van der Waals surface area (Å²) in [6.07, 6.45) is 5.34. The maximum absolute atomic E-state index is 3.57. The standard InChI is InChI=1S/C13H28N2/c1-4-5-8-15-9-6-7-14-11-13(15)10-12(2)3/h12-14H,4-11H2,1-3H3. The zero-order valence-corrected chi connectivity index (χ0v) is 10.8. The summed E-state index contributed by atoms with van der Waals surface area (Å²) in [5, 5.41) is 3.57. The Labute approximate surface area is 95.4 Å². The fourth-order valence-electron chi connectivity index (χ4n) is 2.42. The van der Waals surface area contributed by atoms with Crippen molar-refractivity contribution < 1.29 is 0 Å². The molecule has 0 aliphatic carbocycles. The van der Waals surface area contributed by atoms with Gasteiger partial charge in [0.05, 0.1) is 0 Å². The monoisotopic (exact) mass is 212 g/mol. The van der Waals surface area contributed by atoms with Crippen LogP contribution in [0.3, 0.4) is 0 Å². The van der Waals surface area contributed by atoms with Crippen molar-refractivity contribution >= 4 is 0 Å². The van der Waals surface area contributed by atoms with E-state index in [0.29, 0.717) is 0 Å². The van der Waals surface area contributed by atoms with Crippen molar-refractivity contribution in [1.82, 2.24) is 10.2 Å². The Morgan fingerprint density at radius 2 is 2.20 bits per heavy atom. The molecule has 1 aliphatic heterocycles. The van der Waals surface area contributed by atoms with Crippen molar-refractivity contribution in [3.05, 3.63) is 0 Å². The van der Waals surface area contributed by atoms with E-state index in [-0.39, 0.29) is 0 Å². The lowest BCUT2D eigenvalue weighted by molar-refractivity contribution is 0.183. The Balaban J connectivity index is 2.43. The molecule has 1 saturated heterocycles. The van der Waals surface area contributed by atoms with Gasteiger partial charge in [-0.1, -0.05) is 27.2 Å². The molecule has 0 bridgehead atoms. The molecule has 1 unspecified atom stereocenters. The first-order valence-electron chi connectivity index (χ1n) is 6.68. The van der Waals surface area contributed by atoms with Gasteiger partial charge in [-0.25, -0.2) is 0 Å². The first kappa shape index (κ1) is 13.0. The minimum atomic E-state index is 0.777. The van der Waals surface area contributed by atoms with Crippen molar-refractivity contribution in [2.45, 2.75) is 52.5 Å². The van der Waals surface area contributed by atoms with Gasteiger partial charge in [-0.15, -0.1) is 0 Å². The summed E-state index contributed by atoms with van der Waals surface area (Å²) >= 11 is 0.